The van der Waals surface area contributed by atoms with Gasteiger partial charge in [-0.25, -0.2) is 10.3 Å². The summed E-state index contributed by atoms with van der Waals surface area (Å²) in [5.41, 5.74) is 2.15. The summed E-state index contributed by atoms with van der Waals surface area (Å²) in [5.74, 6) is -0.615. The van der Waals surface area contributed by atoms with Gasteiger partial charge >= 0.3 is 6.09 Å². The van der Waals surface area contributed by atoms with E-state index in [0.717, 1.165) is 0 Å². The van der Waals surface area contributed by atoms with Crippen LogP contribution in [-0.4, -0.2) is 29.8 Å². The molecule has 0 bridgehead atoms. The van der Waals surface area contributed by atoms with E-state index < -0.39 is 18.0 Å². The van der Waals surface area contributed by atoms with Crippen LogP contribution in [0.1, 0.15) is 20.8 Å². The summed E-state index contributed by atoms with van der Waals surface area (Å²) in [7, 11) is 0. The molecule has 0 aromatic heterocycles. The van der Waals surface area contributed by atoms with Gasteiger partial charge in [-0.1, -0.05) is 13.8 Å². The maximum absolute atomic E-state index is 11.3. The normalized spacial score (nSPS) is 12.3. The summed E-state index contributed by atoms with van der Waals surface area (Å²) in [4.78, 5) is 26.4. The molecule has 0 aliphatic heterocycles. The summed E-state index contributed by atoms with van der Waals surface area (Å²) in [6.45, 7) is 5.54. The van der Waals surface area contributed by atoms with Gasteiger partial charge < -0.3 is 10.4 Å². The molecule has 0 aromatic carbocycles. The van der Waals surface area contributed by atoms with E-state index in [9.17, 15) is 9.59 Å². The fourth-order valence-electron chi connectivity index (χ4n) is 0.875. The van der Waals surface area contributed by atoms with Crippen molar-refractivity contribution in [3.63, 3.8) is 0 Å². The highest BCUT2D eigenvalue weighted by Crippen LogP contribution is 2.01. The Bertz CT molecular complexity index is 206. The number of hydroxylamine groups is 1. The van der Waals surface area contributed by atoms with Crippen LogP contribution in [0.2, 0.25) is 0 Å². The van der Waals surface area contributed by atoms with Crippen molar-refractivity contribution >= 4 is 12.0 Å². The zero-order chi connectivity index (χ0) is 11.1. The Kier molecular flexibility index (Phi) is 5.62. The third kappa shape index (κ3) is 4.66. The fourth-order valence-corrected chi connectivity index (χ4v) is 0.875. The zero-order valence-corrected chi connectivity index (χ0v) is 8.53. The van der Waals surface area contributed by atoms with Gasteiger partial charge in [0.1, 0.15) is 6.04 Å². The molecule has 0 spiro atoms. The van der Waals surface area contributed by atoms with E-state index >= 15 is 0 Å². The van der Waals surface area contributed by atoms with Crippen molar-refractivity contribution < 1.29 is 19.5 Å². The predicted molar refractivity (Wildman–Crippen MR) is 49.6 cm³/mol. The van der Waals surface area contributed by atoms with Gasteiger partial charge in [-0.05, 0) is 12.8 Å². The first kappa shape index (κ1) is 12.7. The van der Waals surface area contributed by atoms with Gasteiger partial charge in [-0.15, -0.1) is 0 Å². The first-order chi connectivity index (χ1) is 6.49. The van der Waals surface area contributed by atoms with Crippen molar-refractivity contribution in [3.8, 4) is 0 Å². The summed E-state index contributed by atoms with van der Waals surface area (Å²) < 4.78 is 0. The number of nitrogens with one attached hydrogen (secondary N) is 2. The summed E-state index contributed by atoms with van der Waals surface area (Å²) in [6.07, 6.45) is -1.23. The van der Waals surface area contributed by atoms with Crippen LogP contribution in [0.3, 0.4) is 0 Å². The number of hydrogen-bond acceptors (Lipinski definition) is 3. The minimum atomic E-state index is -1.23. The van der Waals surface area contributed by atoms with Crippen LogP contribution in [0, 0.1) is 5.92 Å². The third-order valence-electron chi connectivity index (χ3n) is 1.55. The molecular formula is C8H16N2O4. The molecule has 6 heteroatoms. The van der Waals surface area contributed by atoms with Crippen LogP contribution in [0.5, 0.6) is 0 Å². The number of hydrogen-bond donors (Lipinski definition) is 3. The molecule has 6 nitrogen and oxygen atoms in total. The molecule has 0 aliphatic rings. The molecule has 0 unspecified atom stereocenters. The number of carbonyl (C=O) groups is 2. The molecule has 2 amide bonds. The molecule has 0 aromatic rings. The Morgan fingerprint density at radius 2 is 2.00 bits per heavy atom. The average Bonchev–Trinajstić information content (AvgIpc) is 2.09. The molecule has 0 radical (unpaired) electrons. The molecule has 0 heterocycles. The van der Waals surface area contributed by atoms with Gasteiger partial charge in [0.15, 0.2) is 0 Å². The van der Waals surface area contributed by atoms with Crippen molar-refractivity contribution in [2.24, 2.45) is 5.92 Å². The van der Waals surface area contributed by atoms with Crippen LogP contribution in [0.15, 0.2) is 0 Å². The SMILES string of the molecule is CCONC(=O)[C@@H](NC(=O)O)C(C)C. The summed E-state index contributed by atoms with van der Waals surface area (Å²) in [6, 6.07) is -0.793. The molecule has 14 heavy (non-hydrogen) atoms. The molecule has 0 aliphatic carbocycles. The highest BCUT2D eigenvalue weighted by molar-refractivity contribution is 5.84. The number of carbonyl (C=O) groups excluding carboxylic acids is 1. The number of carboxylic acid groups (broad SMARTS) is 1. The molecular weight excluding hydrogens is 188 g/mol. The van der Waals surface area contributed by atoms with E-state index in [1.54, 1.807) is 20.8 Å². The Hall–Kier alpha value is -1.30. The second-order valence-electron chi connectivity index (χ2n) is 3.07. The first-order valence-corrected chi connectivity index (χ1v) is 4.40. The number of amides is 2. The molecule has 3 N–H and O–H groups in total. The van der Waals surface area contributed by atoms with Gasteiger partial charge in [0.25, 0.3) is 5.91 Å². The lowest BCUT2D eigenvalue weighted by molar-refractivity contribution is -0.136. The minimum absolute atomic E-state index is 0.133. The monoisotopic (exact) mass is 204 g/mol. The lowest BCUT2D eigenvalue weighted by Crippen LogP contribution is -2.49. The van der Waals surface area contributed by atoms with Gasteiger partial charge in [0.05, 0.1) is 6.61 Å². The van der Waals surface area contributed by atoms with E-state index in [0.29, 0.717) is 6.61 Å². The van der Waals surface area contributed by atoms with Crippen molar-refractivity contribution in [2.45, 2.75) is 26.8 Å². The van der Waals surface area contributed by atoms with E-state index in [1.165, 1.54) is 0 Å². The van der Waals surface area contributed by atoms with Crippen LogP contribution < -0.4 is 10.8 Å². The second-order valence-corrected chi connectivity index (χ2v) is 3.07. The van der Waals surface area contributed by atoms with Gasteiger partial charge in [-0.2, -0.15) is 0 Å². The maximum atomic E-state index is 11.3. The van der Waals surface area contributed by atoms with Gasteiger partial charge in [0.2, 0.25) is 0 Å². The fraction of sp³-hybridized carbons (Fsp3) is 0.750. The van der Waals surface area contributed by atoms with Crippen molar-refractivity contribution in [3.05, 3.63) is 0 Å². The highest BCUT2D eigenvalue weighted by atomic mass is 16.6. The van der Waals surface area contributed by atoms with E-state index in [4.69, 9.17) is 5.11 Å². The minimum Gasteiger partial charge on any atom is -0.465 e. The van der Waals surface area contributed by atoms with Crippen molar-refractivity contribution in [1.82, 2.24) is 10.8 Å². The quantitative estimate of drug-likeness (QED) is 0.564. The van der Waals surface area contributed by atoms with Crippen LogP contribution >= 0.6 is 0 Å². The highest BCUT2D eigenvalue weighted by Gasteiger charge is 2.23. The van der Waals surface area contributed by atoms with Crippen LogP contribution in [-0.2, 0) is 9.63 Å². The predicted octanol–water partition coefficient (Wildman–Crippen LogP) is 0.346. The standard InChI is InChI=1S/C8H16N2O4/c1-4-14-10-7(11)6(5(2)3)9-8(12)13/h5-6,9H,4H2,1-3H3,(H,10,11)(H,12,13)/t6-/m0/s1. The molecule has 1 atom stereocenters. The van der Waals surface area contributed by atoms with Crippen molar-refractivity contribution in [1.29, 1.82) is 0 Å². The smallest absolute Gasteiger partial charge is 0.405 e. The van der Waals surface area contributed by atoms with Gasteiger partial charge in [-0.3, -0.25) is 9.63 Å². The molecule has 0 rings (SSSR count). The second kappa shape index (κ2) is 6.20. The zero-order valence-electron chi connectivity index (χ0n) is 8.53. The van der Waals surface area contributed by atoms with E-state index in [2.05, 4.69) is 15.6 Å². The topological polar surface area (TPSA) is 87.7 Å². The average molecular weight is 204 g/mol. The maximum Gasteiger partial charge on any atom is 0.405 e. The largest absolute Gasteiger partial charge is 0.465 e. The van der Waals surface area contributed by atoms with Crippen LogP contribution in [0.4, 0.5) is 4.79 Å². The Labute approximate surface area is 82.6 Å². The molecule has 0 saturated carbocycles. The Morgan fingerprint density at radius 1 is 1.43 bits per heavy atom. The van der Waals surface area contributed by atoms with Crippen molar-refractivity contribution in [2.75, 3.05) is 6.61 Å². The van der Waals surface area contributed by atoms with E-state index in [1.807, 2.05) is 0 Å². The third-order valence-corrected chi connectivity index (χ3v) is 1.55. The Morgan fingerprint density at radius 3 is 2.36 bits per heavy atom. The van der Waals surface area contributed by atoms with E-state index in [-0.39, 0.29) is 5.92 Å². The first-order valence-electron chi connectivity index (χ1n) is 4.40. The molecule has 82 valence electrons. The molecule has 0 saturated heterocycles. The summed E-state index contributed by atoms with van der Waals surface area (Å²) >= 11 is 0. The van der Waals surface area contributed by atoms with Gasteiger partial charge in [0, 0.05) is 0 Å². The number of rotatable bonds is 5. The lowest BCUT2D eigenvalue weighted by atomic mass is 10.0. The summed E-state index contributed by atoms with van der Waals surface area (Å²) in [5, 5.41) is 10.6. The molecule has 0 fully saturated rings. The van der Waals surface area contributed by atoms with Crippen LogP contribution in [0.25, 0.3) is 0 Å². The Balaban J connectivity index is 4.19. The lowest BCUT2D eigenvalue weighted by Gasteiger charge is -2.19.